The van der Waals surface area contributed by atoms with Gasteiger partial charge in [0.15, 0.2) is 29.8 Å². The molecule has 1 aromatic heterocycles. The maximum absolute atomic E-state index is 15.3. The van der Waals surface area contributed by atoms with Crippen LogP contribution in [-0.4, -0.2) is 258 Å². The number of guanidine groups is 5. The van der Waals surface area contributed by atoms with E-state index in [1.165, 1.54) is 63.3 Å². The fraction of sp³-hybridized carbons (Fsp3) is 0.633. The predicted octanol–water partition coefficient (Wildman–Crippen LogP) is -2.07. The van der Waals surface area contributed by atoms with Crippen LogP contribution in [0.15, 0.2) is 54.7 Å². The summed E-state index contributed by atoms with van der Waals surface area (Å²) in [6.07, 6.45) is 13.5. The Labute approximate surface area is 800 Å². The number of benzene rings is 2. The van der Waals surface area contributed by atoms with Gasteiger partial charge >= 0.3 is 5.97 Å². The largest absolute Gasteiger partial charge is 0.508 e. The standard InChI is InChI=1S/C90H154N30O17/c1-7-9-10-11-12-13-14-15-16-17-18-36-71(123)110-61(31-23-42-102-86(92)93)75(126)116-67(47-53(3)4)80(131)117-68(48-56-37-39-58(122)40-38-56)81(132)114-63(32-24-43-103-87(94)95)77(128)112-62(30-21-22-41-91)76(127)113-65(34-26-45-105-89(98)99)79(130)120-73(54(5)8-2)84(135)118-69(49-57-50-107-60-29-20-19-28-59(57)60)82(133)115-64(33-25-44-104-88(96)97)78(129)119-70(52-121)83(134)109-55(6)74(125)108-51-72(124)111-66(85(136)137)35-27-46-106-90(100)101/h19-20,28-29,37-40,50,53-55,61-70,73,107,121-122H,7-18,21-27,30-36,41-49,51-52,91H2,1-6H3,(H,108,125)(H,109,134)(H,110,123)(H,111,124)(H,112,128)(H,113,127)(H,114,132)(H,115,133)(H,116,126)(H,117,131)(H,118,135)(H,119,129)(H,120,130)(H,136,137)(H4,92,93,102)(H4,94,95,103)(H4,96,97,104)(H4,98,99,105)(H4,100,101,106)/t54-,55-,61-,62-,63-,64-,65-,66-,67-,68-,69-,70-,73-/m0/s1. The van der Waals surface area contributed by atoms with Crippen molar-refractivity contribution in [1.82, 2.24) is 101 Å². The normalized spacial score (nSPS) is 13.9. The number of nitrogens with two attached hydrogens (primary N) is 6. The average molecular weight is 1930 g/mol. The van der Waals surface area contributed by atoms with Gasteiger partial charge in [-0.3, -0.25) is 89.4 Å². The number of aromatic hydroxyl groups is 1. The SMILES string of the molecule is CCCCCCCCCCCCCC(=O)N[C@@H](CCCNC(=N)N)C(=O)N[C@@H](CC(C)C)C(=O)N[C@@H](Cc1ccc(O)cc1)C(=O)N[C@@H](CCCNC(=N)N)C(=O)N[C@@H](CCCCN)C(=O)N[C@@H](CCCNC(=N)N)C(=O)N[C@H](C(=O)N[C@@H](Cc1c[nH]c2ccccc12)C(=O)N[C@@H](CCCNC(=N)N)C(=O)N[C@@H](CO)C(=O)N[C@@H](C)C(=O)NCC(=O)N[C@@H](CCCNC(=N)N)C(=O)O)[C@@H](C)CC. The van der Waals surface area contributed by atoms with Gasteiger partial charge in [-0.05, 0) is 151 Å². The summed E-state index contributed by atoms with van der Waals surface area (Å²) in [7, 11) is 0. The number of aliphatic hydroxyl groups excluding tert-OH is 1. The van der Waals surface area contributed by atoms with E-state index in [9.17, 15) is 53.7 Å². The molecule has 0 bridgehead atoms. The lowest BCUT2D eigenvalue weighted by Crippen LogP contribution is -2.62. The predicted molar refractivity (Wildman–Crippen MR) is 519 cm³/mol. The highest BCUT2D eigenvalue weighted by Crippen LogP contribution is 2.22. The topological polar surface area (TPSA) is 807 Å². The molecule has 766 valence electrons. The van der Waals surface area contributed by atoms with Crippen molar-refractivity contribution < 1.29 is 82.4 Å². The molecule has 13 atom stereocenters. The first-order valence-corrected chi connectivity index (χ1v) is 47.4. The van der Waals surface area contributed by atoms with Crippen molar-refractivity contribution in [1.29, 1.82) is 27.0 Å². The number of carboxylic acid groups (broad SMARTS) is 1. The van der Waals surface area contributed by atoms with Crippen LogP contribution in [0.5, 0.6) is 5.75 Å². The van der Waals surface area contributed by atoms with Gasteiger partial charge in [-0.25, -0.2) is 4.79 Å². The molecule has 0 saturated heterocycles. The van der Waals surface area contributed by atoms with Crippen LogP contribution < -0.4 is 130 Å². The van der Waals surface area contributed by atoms with Crippen molar-refractivity contribution in [3.05, 3.63) is 65.9 Å². The number of aliphatic carboxylic acids is 1. The van der Waals surface area contributed by atoms with Crippen LogP contribution in [0.4, 0.5) is 0 Å². The molecule has 0 unspecified atom stereocenters. The Balaban J connectivity index is 2.07. The second-order valence-corrected chi connectivity index (χ2v) is 34.6. The number of rotatable bonds is 71. The number of carboxylic acids is 1. The summed E-state index contributed by atoms with van der Waals surface area (Å²) in [4.78, 5) is 203. The fourth-order valence-corrected chi connectivity index (χ4v) is 14.7. The zero-order chi connectivity index (χ0) is 102. The second-order valence-electron chi connectivity index (χ2n) is 34.6. The molecular formula is C90H154N30O17. The molecule has 3 aromatic rings. The monoisotopic (exact) mass is 1930 g/mol. The number of phenols is 1. The number of phenolic OH excluding ortho intramolecular Hbond substituents is 1. The molecule has 13 amide bonds. The molecular weight excluding hydrogens is 1770 g/mol. The van der Waals surface area contributed by atoms with Crippen molar-refractivity contribution in [2.24, 2.45) is 46.2 Å². The fourth-order valence-electron chi connectivity index (χ4n) is 14.7. The Morgan fingerprint density at radius 3 is 1.19 bits per heavy atom. The summed E-state index contributed by atoms with van der Waals surface area (Å²) in [5, 5.41) is 117. The molecule has 137 heavy (non-hydrogen) atoms. The summed E-state index contributed by atoms with van der Waals surface area (Å²) in [6.45, 7) is 8.99. The number of aromatic amines is 1. The van der Waals surface area contributed by atoms with E-state index in [-0.39, 0.29) is 178 Å². The van der Waals surface area contributed by atoms with Gasteiger partial charge in [0.05, 0.1) is 13.2 Å². The number of fused-ring (bicyclic) bond motifs is 1. The Bertz CT molecular complexity index is 4370. The first-order chi connectivity index (χ1) is 65.2. The van der Waals surface area contributed by atoms with Gasteiger partial charge < -0.3 is 150 Å². The number of hydrogen-bond acceptors (Lipinski definition) is 22. The highest BCUT2D eigenvalue weighted by molar-refractivity contribution is 6.00. The summed E-state index contributed by atoms with van der Waals surface area (Å²) >= 11 is 0. The number of carbonyl (C=O) groups is 14. The Morgan fingerprint density at radius 2 is 0.752 bits per heavy atom. The van der Waals surface area contributed by atoms with Gasteiger partial charge in [-0.15, -0.1) is 0 Å². The van der Waals surface area contributed by atoms with E-state index in [1.54, 1.807) is 44.3 Å². The van der Waals surface area contributed by atoms with E-state index in [2.05, 4.69) is 108 Å². The van der Waals surface area contributed by atoms with Gasteiger partial charge in [-0.1, -0.05) is 136 Å². The lowest BCUT2D eigenvalue weighted by Gasteiger charge is -2.30. The van der Waals surface area contributed by atoms with E-state index in [4.69, 9.17) is 61.4 Å². The smallest absolute Gasteiger partial charge is 0.326 e. The minimum atomic E-state index is -1.80. The third-order valence-electron chi connectivity index (χ3n) is 22.6. The van der Waals surface area contributed by atoms with E-state index in [1.807, 2.05) is 13.8 Å². The lowest BCUT2D eigenvalue weighted by molar-refractivity contribution is -0.142. The third kappa shape index (κ3) is 49.1. The minimum absolute atomic E-state index is 0.00285. The van der Waals surface area contributed by atoms with Crippen molar-refractivity contribution >= 4 is 123 Å². The summed E-state index contributed by atoms with van der Waals surface area (Å²) in [6, 6.07) is -5.20. The van der Waals surface area contributed by atoms with Gasteiger partial charge in [0.2, 0.25) is 76.8 Å². The summed E-state index contributed by atoms with van der Waals surface area (Å²) in [5.41, 5.74) is 35.2. The molecule has 0 radical (unpaired) electrons. The zero-order valence-corrected chi connectivity index (χ0v) is 80.0. The molecule has 0 spiro atoms. The Kier molecular flexibility index (Phi) is 56.9. The molecule has 0 saturated carbocycles. The maximum atomic E-state index is 15.3. The number of aliphatic hydroxyl groups is 1. The summed E-state index contributed by atoms with van der Waals surface area (Å²) < 4.78 is 0. The number of carbonyl (C=O) groups excluding carboxylic acids is 13. The molecule has 47 nitrogen and oxygen atoms in total. The molecule has 39 N–H and O–H groups in total. The molecule has 0 aliphatic carbocycles. The lowest BCUT2D eigenvalue weighted by atomic mass is 9.96. The molecule has 47 heteroatoms. The minimum Gasteiger partial charge on any atom is -0.508 e. The number of nitrogens with one attached hydrogen (secondary N) is 24. The highest BCUT2D eigenvalue weighted by Gasteiger charge is 2.39. The quantitative estimate of drug-likeness (QED) is 0.0164. The van der Waals surface area contributed by atoms with Crippen molar-refractivity contribution in [2.75, 3.05) is 52.4 Å². The average Bonchev–Trinajstić information content (AvgIpc) is 1.68. The van der Waals surface area contributed by atoms with Gasteiger partial charge in [0.1, 0.15) is 78.3 Å². The van der Waals surface area contributed by atoms with Gasteiger partial charge in [0.25, 0.3) is 0 Å². The van der Waals surface area contributed by atoms with Crippen molar-refractivity contribution in [3.8, 4) is 5.75 Å². The Hall–Kier alpha value is -13.4. The van der Waals surface area contributed by atoms with Crippen LogP contribution in [-0.2, 0) is 80.0 Å². The first kappa shape index (κ1) is 118. The van der Waals surface area contributed by atoms with Crippen LogP contribution in [0.25, 0.3) is 10.9 Å². The van der Waals surface area contributed by atoms with Crippen LogP contribution in [0.1, 0.15) is 226 Å². The third-order valence-corrected chi connectivity index (χ3v) is 22.6. The van der Waals surface area contributed by atoms with Crippen molar-refractivity contribution in [3.63, 3.8) is 0 Å². The van der Waals surface area contributed by atoms with Crippen molar-refractivity contribution in [2.45, 2.75) is 300 Å². The van der Waals surface area contributed by atoms with Crippen LogP contribution in [0, 0.1) is 38.9 Å². The molecule has 3 rings (SSSR count). The van der Waals surface area contributed by atoms with Crippen LogP contribution in [0.3, 0.4) is 0 Å². The number of H-pyrrole nitrogens is 1. The van der Waals surface area contributed by atoms with E-state index in [0.717, 1.165) is 32.1 Å². The Morgan fingerprint density at radius 1 is 0.380 bits per heavy atom. The van der Waals surface area contributed by atoms with E-state index >= 15 is 28.8 Å². The first-order valence-electron chi connectivity index (χ1n) is 47.4. The number of para-hydroxylation sites is 1. The molecule has 0 fully saturated rings. The maximum Gasteiger partial charge on any atom is 0.326 e. The highest BCUT2D eigenvalue weighted by atomic mass is 16.4. The molecule has 0 aliphatic rings. The van der Waals surface area contributed by atoms with Crippen LogP contribution >= 0.6 is 0 Å². The summed E-state index contributed by atoms with van der Waals surface area (Å²) in [5.74, 6) is -16.0. The second kappa shape index (κ2) is 66.1. The zero-order valence-electron chi connectivity index (χ0n) is 80.0. The number of unbranched alkanes of at least 4 members (excludes halogenated alkanes) is 11. The van der Waals surface area contributed by atoms with E-state index in [0.29, 0.717) is 34.9 Å². The van der Waals surface area contributed by atoms with E-state index < -0.39 is 186 Å². The number of amides is 13. The molecule has 1 heterocycles. The van der Waals surface area contributed by atoms with Crippen LogP contribution in [0.2, 0.25) is 0 Å². The number of aromatic nitrogens is 1. The van der Waals surface area contributed by atoms with Gasteiger partial charge in [0, 0.05) is 69.1 Å². The molecule has 0 aliphatic heterocycles. The number of hydrogen-bond donors (Lipinski definition) is 33. The molecule has 2 aromatic carbocycles. The van der Waals surface area contributed by atoms with Gasteiger partial charge in [-0.2, -0.15) is 0 Å².